The fourth-order valence-electron chi connectivity index (χ4n) is 4.53. The average Bonchev–Trinajstić information content (AvgIpc) is 3.07. The molecule has 0 radical (unpaired) electrons. The molecule has 1 N–H and O–H groups in total. The smallest absolute Gasteiger partial charge is 0.374 e. The van der Waals surface area contributed by atoms with Crippen molar-refractivity contribution in [1.29, 1.82) is 0 Å². The van der Waals surface area contributed by atoms with Crippen LogP contribution in [0.15, 0.2) is 90.7 Å². The van der Waals surface area contributed by atoms with Crippen molar-refractivity contribution in [3.63, 3.8) is 0 Å². The lowest BCUT2D eigenvalue weighted by molar-refractivity contribution is -0.143. The zero-order chi connectivity index (χ0) is 32.8. The van der Waals surface area contributed by atoms with E-state index >= 15 is 0 Å². The Morgan fingerprint density at radius 3 is 2.02 bits per heavy atom. The van der Waals surface area contributed by atoms with Gasteiger partial charge in [0.25, 0.3) is 5.91 Å². The summed E-state index contributed by atoms with van der Waals surface area (Å²) in [5.41, 5.74) is 2.01. The normalized spacial score (nSPS) is 11.0. The minimum Gasteiger partial charge on any atom is -0.494 e. The van der Waals surface area contributed by atoms with Gasteiger partial charge in [0.15, 0.2) is 5.75 Å². The zero-order valence-corrected chi connectivity index (χ0v) is 27.1. The maximum absolute atomic E-state index is 13.1. The number of hydrogen-bond acceptors (Lipinski definition) is 7. The minimum atomic E-state index is -0.778. The summed E-state index contributed by atoms with van der Waals surface area (Å²) in [5.74, 6) is -1.31. The zero-order valence-electron chi connectivity index (χ0n) is 27.1. The van der Waals surface area contributed by atoms with Crippen LogP contribution in [0.2, 0.25) is 0 Å². The summed E-state index contributed by atoms with van der Waals surface area (Å²) in [7, 11) is 0. The summed E-state index contributed by atoms with van der Waals surface area (Å²) in [5, 5.41) is 2.83. The molecule has 0 fully saturated rings. The Balaban J connectivity index is 1.61. The van der Waals surface area contributed by atoms with E-state index in [0.29, 0.717) is 30.0 Å². The number of unbranched alkanes of at least 4 members (excludes halogenated alkanes) is 6. The van der Waals surface area contributed by atoms with Crippen LogP contribution in [0.5, 0.6) is 11.5 Å². The van der Waals surface area contributed by atoms with Gasteiger partial charge in [0, 0.05) is 5.56 Å². The van der Waals surface area contributed by atoms with Gasteiger partial charge in [-0.25, -0.2) is 9.59 Å². The highest BCUT2D eigenvalue weighted by atomic mass is 16.6. The van der Waals surface area contributed by atoms with Gasteiger partial charge in [-0.1, -0.05) is 94.8 Å². The van der Waals surface area contributed by atoms with Gasteiger partial charge in [-0.15, -0.1) is 0 Å². The predicted molar refractivity (Wildman–Crippen MR) is 180 cm³/mol. The van der Waals surface area contributed by atoms with E-state index in [2.05, 4.69) is 31.3 Å². The van der Waals surface area contributed by atoms with Gasteiger partial charge >= 0.3 is 11.9 Å². The summed E-state index contributed by atoms with van der Waals surface area (Å²) in [6.45, 7) is 5.22. The lowest BCUT2D eigenvalue weighted by Crippen LogP contribution is -2.18. The molecule has 0 atom stereocenters. The Kier molecular flexibility index (Phi) is 16.5. The summed E-state index contributed by atoms with van der Waals surface area (Å²) in [4.78, 5) is 38.6. The van der Waals surface area contributed by atoms with Gasteiger partial charge in [-0.2, -0.15) is 0 Å². The van der Waals surface area contributed by atoms with Crippen LogP contribution in [-0.4, -0.2) is 37.7 Å². The Bertz CT molecular complexity index is 1370. The van der Waals surface area contributed by atoms with Gasteiger partial charge < -0.3 is 24.3 Å². The van der Waals surface area contributed by atoms with E-state index in [1.165, 1.54) is 5.56 Å². The van der Waals surface area contributed by atoms with Crippen molar-refractivity contribution >= 4 is 23.5 Å². The molecule has 246 valence electrons. The number of hydrogen-bond donors (Lipinski definition) is 1. The van der Waals surface area contributed by atoms with Gasteiger partial charge in [0.1, 0.15) is 5.75 Å². The molecule has 46 heavy (non-hydrogen) atoms. The number of nitrogens with one attached hydrogen (secondary N) is 1. The number of para-hydroxylation sites is 2. The highest BCUT2D eigenvalue weighted by Gasteiger charge is 2.19. The number of rotatable bonds is 21. The van der Waals surface area contributed by atoms with E-state index in [1.54, 1.807) is 48.5 Å². The fourth-order valence-corrected chi connectivity index (χ4v) is 4.53. The number of carbonyl (C=O) groups excluding carboxylic acids is 3. The lowest BCUT2D eigenvalue weighted by atomic mass is 10.1. The van der Waals surface area contributed by atoms with Crippen LogP contribution in [0.3, 0.4) is 0 Å². The maximum atomic E-state index is 13.1. The molecule has 0 aromatic heterocycles. The molecule has 0 saturated carbocycles. The highest BCUT2D eigenvalue weighted by Crippen LogP contribution is 2.27. The molecular formula is C38H47NO7. The lowest BCUT2D eigenvalue weighted by Gasteiger charge is -2.14. The van der Waals surface area contributed by atoms with Crippen LogP contribution in [0.4, 0.5) is 5.69 Å². The number of ether oxygens (including phenoxy) is 4. The molecule has 0 aliphatic carbocycles. The van der Waals surface area contributed by atoms with Crippen LogP contribution < -0.4 is 14.8 Å². The van der Waals surface area contributed by atoms with E-state index in [4.69, 9.17) is 18.9 Å². The topological polar surface area (TPSA) is 100 Å². The second-order valence-corrected chi connectivity index (χ2v) is 10.9. The molecule has 8 heteroatoms. The first-order chi connectivity index (χ1) is 22.5. The van der Waals surface area contributed by atoms with Gasteiger partial charge in [-0.05, 0) is 67.6 Å². The van der Waals surface area contributed by atoms with Crippen LogP contribution in [-0.2, 0) is 25.5 Å². The Labute approximate surface area is 273 Å². The monoisotopic (exact) mass is 629 g/mol. The number of esters is 2. The largest absolute Gasteiger partial charge is 0.494 e. The van der Waals surface area contributed by atoms with Crippen LogP contribution >= 0.6 is 0 Å². The summed E-state index contributed by atoms with van der Waals surface area (Å²) >= 11 is 0. The van der Waals surface area contributed by atoms with Crippen LogP contribution in [0.1, 0.15) is 87.6 Å². The molecular weight excluding hydrogens is 582 g/mol. The molecule has 0 spiro atoms. The van der Waals surface area contributed by atoms with E-state index in [0.717, 1.165) is 63.9 Å². The van der Waals surface area contributed by atoms with Crippen molar-refractivity contribution in [3.8, 4) is 11.5 Å². The van der Waals surface area contributed by atoms with E-state index < -0.39 is 11.9 Å². The first kappa shape index (κ1) is 35.9. The summed E-state index contributed by atoms with van der Waals surface area (Å²) in [6, 6.07) is 23.8. The maximum Gasteiger partial charge on any atom is 0.374 e. The number of amides is 1. The van der Waals surface area contributed by atoms with Gasteiger partial charge in [-0.3, -0.25) is 4.79 Å². The summed E-state index contributed by atoms with van der Waals surface area (Å²) in [6.07, 6.45) is 10.4. The van der Waals surface area contributed by atoms with Gasteiger partial charge in [0.2, 0.25) is 5.76 Å². The third kappa shape index (κ3) is 13.6. The van der Waals surface area contributed by atoms with Crippen molar-refractivity contribution < 1.29 is 33.3 Å². The number of benzene rings is 3. The second-order valence-electron chi connectivity index (χ2n) is 10.9. The second kappa shape index (κ2) is 21.2. The molecule has 3 rings (SSSR count). The molecule has 3 aromatic rings. The predicted octanol–water partition coefficient (Wildman–Crippen LogP) is 8.46. The van der Waals surface area contributed by atoms with Crippen molar-refractivity contribution in [3.05, 3.63) is 102 Å². The fraction of sp³-hybridized carbons (Fsp3) is 0.395. The Morgan fingerprint density at radius 2 is 1.33 bits per heavy atom. The minimum absolute atomic E-state index is 0.180. The molecule has 3 aromatic carbocycles. The number of aryl methyl sites for hydroxylation is 1. The van der Waals surface area contributed by atoms with Crippen molar-refractivity contribution in [2.24, 2.45) is 0 Å². The average molecular weight is 630 g/mol. The van der Waals surface area contributed by atoms with E-state index in [1.807, 2.05) is 18.2 Å². The molecule has 0 saturated heterocycles. The quantitative estimate of drug-likeness (QED) is 0.0546. The van der Waals surface area contributed by atoms with Gasteiger partial charge in [0.05, 0.1) is 31.6 Å². The Hall–Kier alpha value is -4.59. The molecule has 0 unspecified atom stereocenters. The van der Waals surface area contributed by atoms with Crippen molar-refractivity contribution in [2.45, 2.75) is 78.1 Å². The van der Waals surface area contributed by atoms with Crippen LogP contribution in [0, 0.1) is 0 Å². The third-order valence-electron chi connectivity index (χ3n) is 7.12. The SMILES string of the molecule is CCCCCCOC(=O)/C=C(/Oc1ccccc1NC(=O)c1ccc(OCCCc2ccccc2)cc1)C(=O)OCCCCCC. The first-order valence-corrected chi connectivity index (χ1v) is 16.4. The highest BCUT2D eigenvalue weighted by molar-refractivity contribution is 6.05. The molecule has 1 amide bonds. The van der Waals surface area contributed by atoms with E-state index in [9.17, 15) is 14.4 Å². The van der Waals surface area contributed by atoms with Crippen molar-refractivity contribution in [2.75, 3.05) is 25.1 Å². The van der Waals surface area contributed by atoms with Crippen molar-refractivity contribution in [1.82, 2.24) is 0 Å². The first-order valence-electron chi connectivity index (χ1n) is 16.4. The van der Waals surface area contributed by atoms with Crippen LogP contribution in [0.25, 0.3) is 0 Å². The molecule has 0 heterocycles. The Morgan fingerprint density at radius 1 is 0.674 bits per heavy atom. The third-order valence-corrected chi connectivity index (χ3v) is 7.12. The van der Waals surface area contributed by atoms with E-state index in [-0.39, 0.29) is 30.6 Å². The molecule has 0 bridgehead atoms. The molecule has 0 aliphatic rings. The summed E-state index contributed by atoms with van der Waals surface area (Å²) < 4.78 is 22.4. The molecule has 8 nitrogen and oxygen atoms in total. The number of anilines is 1. The molecule has 0 aliphatic heterocycles. The number of carbonyl (C=O) groups is 3. The standard InChI is InChI=1S/C38H47NO7/c1-3-5-7-14-26-44-36(40)29-35(38(42)45-27-15-8-6-4-2)46-34-21-13-12-20-33(34)39-37(41)31-22-24-32(25-23-31)43-28-16-19-30-17-10-9-11-18-30/h9-13,17-18,20-25,29H,3-8,14-16,19,26-28H2,1-2H3,(H,39,41)/b35-29+.